The van der Waals surface area contributed by atoms with Crippen LogP contribution in [0.5, 0.6) is 0 Å². The van der Waals surface area contributed by atoms with E-state index in [9.17, 15) is 0 Å². The highest BCUT2D eigenvalue weighted by Crippen LogP contribution is 2.22. The standard InChI is InChI=1S/C16H17N5/c1-12-2-7-16-19-15(11-20(16)10-12)13-3-5-14(6-4-13)21(18)9-8-17/h2-11H,17-18H2,1H3/b9-8-. The maximum atomic E-state index is 5.82. The molecule has 106 valence electrons. The van der Waals surface area contributed by atoms with Crippen LogP contribution in [0.3, 0.4) is 0 Å². The number of rotatable bonds is 3. The van der Waals surface area contributed by atoms with Gasteiger partial charge in [0, 0.05) is 30.4 Å². The van der Waals surface area contributed by atoms with Crippen LogP contribution in [0, 0.1) is 6.92 Å². The molecular formula is C16H17N5. The fourth-order valence-corrected chi connectivity index (χ4v) is 2.23. The summed E-state index contributed by atoms with van der Waals surface area (Å²) in [7, 11) is 0. The number of benzene rings is 1. The summed E-state index contributed by atoms with van der Waals surface area (Å²) >= 11 is 0. The molecule has 21 heavy (non-hydrogen) atoms. The monoisotopic (exact) mass is 279 g/mol. The Bertz CT molecular complexity index is 786. The zero-order valence-corrected chi connectivity index (χ0v) is 11.8. The molecule has 4 N–H and O–H groups in total. The van der Waals surface area contributed by atoms with Gasteiger partial charge in [0.2, 0.25) is 0 Å². The van der Waals surface area contributed by atoms with Gasteiger partial charge in [-0.25, -0.2) is 10.8 Å². The SMILES string of the molecule is Cc1ccc2nc(-c3ccc(N(N)/C=C\N)cc3)cn2c1. The predicted octanol–water partition coefficient (Wildman–Crippen LogP) is 2.42. The first-order valence-electron chi connectivity index (χ1n) is 6.65. The van der Waals surface area contributed by atoms with E-state index >= 15 is 0 Å². The number of hydrazine groups is 1. The van der Waals surface area contributed by atoms with Crippen LogP contribution >= 0.6 is 0 Å². The van der Waals surface area contributed by atoms with E-state index in [1.54, 1.807) is 6.20 Å². The van der Waals surface area contributed by atoms with Crippen molar-refractivity contribution in [2.24, 2.45) is 11.6 Å². The number of imidazole rings is 1. The Hall–Kier alpha value is -2.79. The Morgan fingerprint density at radius 1 is 1.10 bits per heavy atom. The lowest BCUT2D eigenvalue weighted by molar-refractivity contribution is 1.07. The van der Waals surface area contributed by atoms with Crippen LogP contribution in [-0.2, 0) is 0 Å². The number of nitrogens with two attached hydrogens (primary N) is 2. The molecule has 5 heteroatoms. The van der Waals surface area contributed by atoms with E-state index in [1.807, 2.05) is 40.9 Å². The van der Waals surface area contributed by atoms with E-state index in [4.69, 9.17) is 11.6 Å². The number of hydrogen-bond acceptors (Lipinski definition) is 4. The second-order valence-corrected chi connectivity index (χ2v) is 4.89. The Labute approximate surface area is 123 Å². The van der Waals surface area contributed by atoms with Crippen LogP contribution in [-0.4, -0.2) is 9.38 Å². The minimum Gasteiger partial charge on any atom is -0.403 e. The summed E-state index contributed by atoms with van der Waals surface area (Å²) in [6.07, 6.45) is 7.09. The normalized spacial score (nSPS) is 11.3. The van der Waals surface area contributed by atoms with E-state index in [2.05, 4.69) is 24.2 Å². The van der Waals surface area contributed by atoms with Crippen LogP contribution in [0.4, 0.5) is 5.69 Å². The number of aromatic nitrogens is 2. The Balaban J connectivity index is 1.95. The summed E-state index contributed by atoms with van der Waals surface area (Å²) in [5.74, 6) is 5.82. The molecule has 0 saturated heterocycles. The quantitative estimate of drug-likeness (QED) is 0.570. The van der Waals surface area contributed by atoms with E-state index in [1.165, 1.54) is 16.8 Å². The van der Waals surface area contributed by atoms with E-state index in [0.717, 1.165) is 22.6 Å². The molecule has 0 unspecified atom stereocenters. The van der Waals surface area contributed by atoms with Crippen molar-refractivity contribution in [1.29, 1.82) is 0 Å². The lowest BCUT2D eigenvalue weighted by Gasteiger charge is -2.13. The number of anilines is 1. The zero-order valence-electron chi connectivity index (χ0n) is 11.8. The lowest BCUT2D eigenvalue weighted by Crippen LogP contribution is -2.24. The highest BCUT2D eigenvalue weighted by molar-refractivity contribution is 5.65. The van der Waals surface area contributed by atoms with Crippen molar-refractivity contribution in [2.75, 3.05) is 5.01 Å². The second kappa shape index (κ2) is 5.30. The molecular weight excluding hydrogens is 262 g/mol. The summed E-state index contributed by atoms with van der Waals surface area (Å²) in [5, 5.41) is 1.47. The molecule has 0 spiro atoms. The van der Waals surface area contributed by atoms with Crippen LogP contribution in [0.25, 0.3) is 16.9 Å². The van der Waals surface area contributed by atoms with Gasteiger partial charge in [-0.1, -0.05) is 18.2 Å². The summed E-state index contributed by atoms with van der Waals surface area (Å²) < 4.78 is 2.03. The Kier molecular flexibility index (Phi) is 3.33. The molecule has 3 rings (SSSR count). The number of hydrogen-bond donors (Lipinski definition) is 2. The molecule has 1 aromatic carbocycles. The van der Waals surface area contributed by atoms with Crippen molar-refractivity contribution in [3.8, 4) is 11.3 Å². The molecule has 0 fully saturated rings. The molecule has 0 radical (unpaired) electrons. The van der Waals surface area contributed by atoms with Crippen LogP contribution in [0.15, 0.2) is 61.2 Å². The largest absolute Gasteiger partial charge is 0.403 e. The molecule has 2 aromatic heterocycles. The zero-order chi connectivity index (χ0) is 14.8. The summed E-state index contributed by atoms with van der Waals surface area (Å²) in [6, 6.07) is 11.9. The highest BCUT2D eigenvalue weighted by atomic mass is 15.4. The van der Waals surface area contributed by atoms with Crippen molar-refractivity contribution in [3.05, 3.63) is 66.8 Å². The van der Waals surface area contributed by atoms with E-state index in [-0.39, 0.29) is 0 Å². The van der Waals surface area contributed by atoms with Gasteiger partial charge in [0.15, 0.2) is 0 Å². The smallest absolute Gasteiger partial charge is 0.137 e. The Morgan fingerprint density at radius 3 is 2.57 bits per heavy atom. The second-order valence-electron chi connectivity index (χ2n) is 4.89. The molecule has 5 nitrogen and oxygen atoms in total. The number of nitrogens with zero attached hydrogens (tertiary/aromatic N) is 3. The lowest BCUT2D eigenvalue weighted by atomic mass is 10.1. The third-order valence-corrected chi connectivity index (χ3v) is 3.31. The summed E-state index contributed by atoms with van der Waals surface area (Å²) in [4.78, 5) is 4.62. The summed E-state index contributed by atoms with van der Waals surface area (Å²) in [5.41, 5.74) is 10.3. The fraction of sp³-hybridized carbons (Fsp3) is 0.0625. The topological polar surface area (TPSA) is 72.6 Å². The molecule has 0 amide bonds. The third-order valence-electron chi connectivity index (χ3n) is 3.31. The van der Waals surface area contributed by atoms with E-state index < -0.39 is 0 Å². The first-order chi connectivity index (χ1) is 10.2. The molecule has 0 bridgehead atoms. The minimum absolute atomic E-state index is 0.861. The van der Waals surface area contributed by atoms with Crippen molar-refractivity contribution >= 4 is 11.3 Å². The van der Waals surface area contributed by atoms with Crippen molar-refractivity contribution in [1.82, 2.24) is 9.38 Å². The van der Waals surface area contributed by atoms with E-state index in [0.29, 0.717) is 0 Å². The van der Waals surface area contributed by atoms with Crippen LogP contribution in [0.2, 0.25) is 0 Å². The maximum Gasteiger partial charge on any atom is 0.137 e. The Morgan fingerprint density at radius 2 is 1.86 bits per heavy atom. The molecule has 0 aliphatic rings. The molecule has 0 aliphatic heterocycles. The van der Waals surface area contributed by atoms with Gasteiger partial charge in [0.1, 0.15) is 5.65 Å². The van der Waals surface area contributed by atoms with Gasteiger partial charge in [-0.05, 0) is 30.7 Å². The van der Waals surface area contributed by atoms with Gasteiger partial charge in [-0.15, -0.1) is 0 Å². The highest BCUT2D eigenvalue weighted by Gasteiger charge is 2.05. The summed E-state index contributed by atoms with van der Waals surface area (Å²) in [6.45, 7) is 2.06. The van der Waals surface area contributed by atoms with Gasteiger partial charge in [0.25, 0.3) is 0 Å². The molecule has 0 saturated carbocycles. The fourth-order valence-electron chi connectivity index (χ4n) is 2.23. The van der Waals surface area contributed by atoms with Crippen LogP contribution < -0.4 is 16.6 Å². The van der Waals surface area contributed by atoms with Gasteiger partial charge >= 0.3 is 0 Å². The molecule has 3 aromatic rings. The van der Waals surface area contributed by atoms with Crippen LogP contribution in [0.1, 0.15) is 5.56 Å². The predicted molar refractivity (Wildman–Crippen MR) is 85.4 cm³/mol. The molecule has 2 heterocycles. The van der Waals surface area contributed by atoms with Gasteiger partial charge in [-0.3, -0.25) is 5.01 Å². The molecule has 0 atom stereocenters. The first-order valence-corrected chi connectivity index (χ1v) is 6.65. The average Bonchev–Trinajstić information content (AvgIpc) is 2.90. The minimum atomic E-state index is 0.861. The first kappa shape index (κ1) is 13.2. The van der Waals surface area contributed by atoms with Crippen molar-refractivity contribution in [2.45, 2.75) is 6.92 Å². The molecule has 0 aliphatic carbocycles. The van der Waals surface area contributed by atoms with Gasteiger partial charge in [-0.2, -0.15) is 0 Å². The number of fused-ring (bicyclic) bond motifs is 1. The van der Waals surface area contributed by atoms with Gasteiger partial charge in [0.05, 0.1) is 11.4 Å². The van der Waals surface area contributed by atoms with Gasteiger partial charge < -0.3 is 10.1 Å². The van der Waals surface area contributed by atoms with Crippen molar-refractivity contribution < 1.29 is 0 Å². The van der Waals surface area contributed by atoms with Crippen molar-refractivity contribution in [3.63, 3.8) is 0 Å². The third kappa shape index (κ3) is 2.59. The average molecular weight is 279 g/mol. The number of pyridine rings is 1. The maximum absolute atomic E-state index is 5.82. The number of aryl methyl sites for hydroxylation is 1.